The number of rotatable bonds is 7. The summed E-state index contributed by atoms with van der Waals surface area (Å²) in [5, 5.41) is 2.44. The summed E-state index contributed by atoms with van der Waals surface area (Å²) < 4.78 is 14.6. The number of carbonyl (C=O) groups is 3. The summed E-state index contributed by atoms with van der Waals surface area (Å²) >= 11 is 0. The van der Waals surface area contributed by atoms with Crippen molar-refractivity contribution in [3.8, 4) is 11.8 Å². The molecule has 0 aromatic heterocycles. The second-order valence-corrected chi connectivity index (χ2v) is 6.14. The quantitative estimate of drug-likeness (QED) is 0.433. The van der Waals surface area contributed by atoms with Gasteiger partial charge in [-0.05, 0) is 40.5 Å². The van der Waals surface area contributed by atoms with Gasteiger partial charge < -0.3 is 19.5 Å². The molecule has 7 heteroatoms. The van der Waals surface area contributed by atoms with E-state index in [2.05, 4.69) is 17.2 Å². The van der Waals surface area contributed by atoms with Crippen LogP contribution < -0.4 is 5.32 Å². The fraction of sp³-hybridized carbons (Fsp3) is 0.706. The number of carbonyl (C=O) groups excluding carboxylic acids is 3. The molecule has 0 spiro atoms. The summed E-state index contributed by atoms with van der Waals surface area (Å²) in [6.07, 6.45) is 0.187. The Bertz CT molecular complexity index is 497. The van der Waals surface area contributed by atoms with Crippen LogP contribution in [0.3, 0.4) is 0 Å². The maximum Gasteiger partial charge on any atom is 0.408 e. The Morgan fingerprint density at radius 2 is 1.67 bits per heavy atom. The van der Waals surface area contributed by atoms with Gasteiger partial charge in [0.25, 0.3) is 0 Å². The van der Waals surface area contributed by atoms with Gasteiger partial charge in [0.1, 0.15) is 11.6 Å². The Morgan fingerprint density at radius 3 is 2.12 bits per heavy atom. The fourth-order valence-electron chi connectivity index (χ4n) is 1.96. The lowest BCUT2D eigenvalue weighted by Gasteiger charge is -2.24. The average molecular weight is 341 g/mol. The number of hydrogen-bond acceptors (Lipinski definition) is 6. The molecular weight excluding hydrogens is 314 g/mol. The number of hydrogen-bond donors (Lipinski definition) is 1. The van der Waals surface area contributed by atoms with E-state index in [1.54, 1.807) is 27.7 Å². The minimum absolute atomic E-state index is 0.0456. The lowest BCUT2D eigenvalue weighted by atomic mass is 9.95. The molecule has 0 aromatic carbocycles. The third-order valence-corrected chi connectivity index (χ3v) is 3.03. The molecule has 1 N–H and O–H groups in total. The van der Waals surface area contributed by atoms with Gasteiger partial charge in [0, 0.05) is 6.42 Å². The van der Waals surface area contributed by atoms with Crippen molar-refractivity contribution in [2.45, 2.75) is 58.6 Å². The maximum atomic E-state index is 11.9. The normalized spacial score (nSPS) is 12.9. The van der Waals surface area contributed by atoms with Crippen molar-refractivity contribution in [2.24, 2.45) is 5.92 Å². The summed E-state index contributed by atoms with van der Waals surface area (Å²) in [7, 11) is 2.48. The molecule has 0 aliphatic heterocycles. The number of nitrogens with one attached hydrogen (secondary N) is 1. The van der Waals surface area contributed by atoms with Gasteiger partial charge in [0.05, 0.1) is 20.1 Å². The smallest absolute Gasteiger partial charge is 0.408 e. The lowest BCUT2D eigenvalue weighted by molar-refractivity contribution is -0.148. The van der Waals surface area contributed by atoms with Crippen LogP contribution in [0.25, 0.3) is 0 Å². The molecule has 0 aliphatic rings. The second-order valence-electron chi connectivity index (χ2n) is 6.14. The maximum absolute atomic E-state index is 11.9. The van der Waals surface area contributed by atoms with E-state index in [-0.39, 0.29) is 6.42 Å². The van der Waals surface area contributed by atoms with E-state index in [0.717, 1.165) is 0 Å². The largest absolute Gasteiger partial charge is 0.469 e. The molecule has 0 unspecified atom stereocenters. The van der Waals surface area contributed by atoms with Gasteiger partial charge in [0.15, 0.2) is 0 Å². The molecule has 136 valence electrons. The van der Waals surface area contributed by atoms with Crippen molar-refractivity contribution >= 4 is 18.0 Å². The van der Waals surface area contributed by atoms with Gasteiger partial charge in [-0.15, -0.1) is 11.8 Å². The highest BCUT2D eigenvalue weighted by atomic mass is 16.6. The highest BCUT2D eigenvalue weighted by molar-refractivity contribution is 5.82. The molecule has 0 aliphatic carbocycles. The van der Waals surface area contributed by atoms with Crippen LogP contribution >= 0.6 is 0 Å². The molecule has 7 nitrogen and oxygen atoms in total. The lowest BCUT2D eigenvalue weighted by Crippen LogP contribution is -2.45. The van der Waals surface area contributed by atoms with Crippen LogP contribution in [0.2, 0.25) is 0 Å². The van der Waals surface area contributed by atoms with Crippen molar-refractivity contribution in [1.82, 2.24) is 5.32 Å². The summed E-state index contributed by atoms with van der Waals surface area (Å²) in [6, 6.07) is -1.01. The third-order valence-electron chi connectivity index (χ3n) is 3.03. The van der Waals surface area contributed by atoms with Crippen LogP contribution in [-0.2, 0) is 23.8 Å². The van der Waals surface area contributed by atoms with Gasteiger partial charge in [-0.25, -0.2) is 9.59 Å². The van der Waals surface area contributed by atoms with Gasteiger partial charge >= 0.3 is 18.0 Å². The third kappa shape index (κ3) is 9.03. The number of esters is 2. The van der Waals surface area contributed by atoms with E-state index in [9.17, 15) is 14.4 Å². The average Bonchev–Trinajstić information content (AvgIpc) is 2.49. The standard InChI is InChI=1S/C17H27NO6/c1-7-8-9-10-12(14(19)22-5)11-13(15(20)23-6)18-16(21)24-17(2,3)4/h12-13H,9-11H2,1-6H3,(H,18,21)/t12-,13-/m0/s1. The Morgan fingerprint density at radius 1 is 1.08 bits per heavy atom. The van der Waals surface area contributed by atoms with Crippen LogP contribution in [-0.4, -0.2) is 43.9 Å². The second kappa shape index (κ2) is 10.5. The fourth-order valence-corrected chi connectivity index (χ4v) is 1.96. The van der Waals surface area contributed by atoms with Gasteiger partial charge in [-0.1, -0.05) is 0 Å². The topological polar surface area (TPSA) is 90.9 Å². The molecule has 0 saturated carbocycles. The summed E-state index contributed by atoms with van der Waals surface area (Å²) in [5.41, 5.74) is -0.705. The van der Waals surface area contributed by atoms with E-state index in [1.807, 2.05) is 0 Å². The predicted octanol–water partition coefficient (Wildman–Crippen LogP) is 2.04. The minimum Gasteiger partial charge on any atom is -0.469 e. The number of methoxy groups -OCH3 is 2. The van der Waals surface area contributed by atoms with E-state index in [4.69, 9.17) is 14.2 Å². The molecule has 1 amide bonds. The van der Waals surface area contributed by atoms with Crippen molar-refractivity contribution in [2.75, 3.05) is 14.2 Å². The first-order valence-corrected chi connectivity index (χ1v) is 7.69. The Kier molecular flexibility index (Phi) is 9.55. The minimum atomic E-state index is -1.01. The predicted molar refractivity (Wildman–Crippen MR) is 88.0 cm³/mol. The van der Waals surface area contributed by atoms with Crippen molar-refractivity contribution in [3.63, 3.8) is 0 Å². The number of ether oxygens (including phenoxy) is 3. The molecule has 2 atom stereocenters. The van der Waals surface area contributed by atoms with E-state index in [0.29, 0.717) is 12.8 Å². The Balaban J connectivity index is 5.04. The monoisotopic (exact) mass is 341 g/mol. The Labute approximate surface area is 143 Å². The number of amides is 1. The summed E-state index contributed by atoms with van der Waals surface area (Å²) in [6.45, 7) is 6.83. The van der Waals surface area contributed by atoms with E-state index in [1.165, 1.54) is 14.2 Å². The molecule has 0 fully saturated rings. The molecule has 24 heavy (non-hydrogen) atoms. The van der Waals surface area contributed by atoms with E-state index >= 15 is 0 Å². The van der Waals surface area contributed by atoms with Gasteiger partial charge in [0.2, 0.25) is 0 Å². The van der Waals surface area contributed by atoms with Crippen LogP contribution in [0.15, 0.2) is 0 Å². The van der Waals surface area contributed by atoms with Crippen LogP contribution in [0, 0.1) is 17.8 Å². The molecule has 0 rings (SSSR count). The number of alkyl carbamates (subject to hydrolysis) is 1. The molecule has 0 heterocycles. The first-order valence-electron chi connectivity index (χ1n) is 7.69. The summed E-state index contributed by atoms with van der Waals surface area (Å²) in [4.78, 5) is 35.7. The molecule has 0 saturated heterocycles. The molecule has 0 aromatic rings. The highest BCUT2D eigenvalue weighted by Crippen LogP contribution is 2.17. The van der Waals surface area contributed by atoms with E-state index < -0.39 is 35.6 Å². The first kappa shape index (κ1) is 21.8. The summed E-state index contributed by atoms with van der Waals surface area (Å²) in [5.74, 6) is 3.89. The highest BCUT2D eigenvalue weighted by Gasteiger charge is 2.31. The van der Waals surface area contributed by atoms with Gasteiger partial charge in [-0.3, -0.25) is 4.79 Å². The zero-order chi connectivity index (χ0) is 18.8. The molecule has 0 radical (unpaired) electrons. The zero-order valence-electron chi connectivity index (χ0n) is 15.2. The van der Waals surface area contributed by atoms with Crippen LogP contribution in [0.4, 0.5) is 4.79 Å². The molecular formula is C17H27NO6. The SMILES string of the molecule is CC#CCC[C@@H](C[C@H](NC(=O)OC(C)(C)C)C(=O)OC)C(=O)OC. The van der Waals surface area contributed by atoms with Gasteiger partial charge in [-0.2, -0.15) is 0 Å². The zero-order valence-corrected chi connectivity index (χ0v) is 15.2. The first-order chi connectivity index (χ1) is 11.1. The van der Waals surface area contributed by atoms with Crippen LogP contribution in [0.5, 0.6) is 0 Å². The van der Waals surface area contributed by atoms with Crippen LogP contribution in [0.1, 0.15) is 47.0 Å². The van der Waals surface area contributed by atoms with Crippen molar-refractivity contribution in [3.05, 3.63) is 0 Å². The Hall–Kier alpha value is -2.23. The van der Waals surface area contributed by atoms with Crippen molar-refractivity contribution < 1.29 is 28.6 Å². The van der Waals surface area contributed by atoms with Crippen molar-refractivity contribution in [1.29, 1.82) is 0 Å². The molecule has 0 bridgehead atoms.